The van der Waals surface area contributed by atoms with Crippen LogP contribution in [0.3, 0.4) is 0 Å². The Balaban J connectivity index is 1.55. The number of H-pyrrole nitrogens is 1. The number of para-hydroxylation sites is 1. The molecule has 0 fully saturated rings. The lowest BCUT2D eigenvalue weighted by Crippen LogP contribution is -2.42. The van der Waals surface area contributed by atoms with Crippen LogP contribution in [0, 0.1) is 0 Å². The highest BCUT2D eigenvalue weighted by atomic mass is 15.1. The van der Waals surface area contributed by atoms with Crippen LogP contribution in [0.25, 0.3) is 16.5 Å². The van der Waals surface area contributed by atoms with Gasteiger partial charge in [0.2, 0.25) is 0 Å². The third-order valence-electron chi connectivity index (χ3n) is 7.02. The van der Waals surface area contributed by atoms with E-state index in [2.05, 4.69) is 115 Å². The molecule has 1 unspecified atom stereocenters. The first kappa shape index (κ1) is 19.8. The highest BCUT2D eigenvalue weighted by Gasteiger charge is 2.36. The van der Waals surface area contributed by atoms with E-state index in [4.69, 9.17) is 0 Å². The summed E-state index contributed by atoms with van der Waals surface area (Å²) in [4.78, 5) is 6.18. The second-order valence-electron chi connectivity index (χ2n) is 8.91. The fraction of sp³-hybridized carbons (Fsp3) is 0.241. The summed E-state index contributed by atoms with van der Waals surface area (Å²) in [6, 6.07) is 30.5. The van der Waals surface area contributed by atoms with Gasteiger partial charge in [0.15, 0.2) is 0 Å². The van der Waals surface area contributed by atoms with E-state index in [1.807, 2.05) is 0 Å². The van der Waals surface area contributed by atoms with E-state index in [-0.39, 0.29) is 5.54 Å². The van der Waals surface area contributed by atoms with Crippen LogP contribution >= 0.6 is 0 Å². The number of rotatable bonds is 5. The fourth-order valence-corrected chi connectivity index (χ4v) is 5.20. The van der Waals surface area contributed by atoms with Crippen LogP contribution in [0.4, 0.5) is 0 Å². The normalized spacial score (nSPS) is 19.0. The molecule has 1 aromatic heterocycles. The molecule has 0 bridgehead atoms. The number of allylic oxidation sites excluding steroid dienone is 1. The number of fused-ring (bicyclic) bond motifs is 1. The summed E-state index contributed by atoms with van der Waals surface area (Å²) in [6.07, 6.45) is 6.65. The maximum Gasteiger partial charge on any atom is 0.0492 e. The Kier molecular flexibility index (Phi) is 5.25. The topological polar surface area (TPSA) is 19.0 Å². The fourth-order valence-electron chi connectivity index (χ4n) is 5.20. The summed E-state index contributed by atoms with van der Waals surface area (Å²) in [5.41, 5.74) is 8.27. The van der Waals surface area contributed by atoms with Gasteiger partial charge in [-0.05, 0) is 61.7 Å². The lowest BCUT2D eigenvalue weighted by molar-refractivity contribution is 0.138. The molecule has 0 amide bonds. The molecule has 2 nitrogen and oxygen atoms in total. The minimum Gasteiger partial charge on any atom is -0.355 e. The molecule has 0 saturated heterocycles. The number of nitrogens with one attached hydrogen (secondary N) is 1. The number of aromatic amines is 1. The third-order valence-corrected chi connectivity index (χ3v) is 7.02. The van der Waals surface area contributed by atoms with E-state index in [9.17, 15) is 0 Å². The average molecular weight is 407 g/mol. The summed E-state index contributed by atoms with van der Waals surface area (Å²) >= 11 is 0. The predicted octanol–water partition coefficient (Wildman–Crippen LogP) is 6.78. The Bertz CT molecular complexity index is 1200. The van der Waals surface area contributed by atoms with Crippen molar-refractivity contribution in [1.29, 1.82) is 0 Å². The van der Waals surface area contributed by atoms with Gasteiger partial charge in [0.1, 0.15) is 0 Å². The zero-order chi connectivity index (χ0) is 21.3. The molecule has 0 aliphatic heterocycles. The second kappa shape index (κ2) is 8.20. The number of hydrogen-bond acceptors (Lipinski definition) is 1. The summed E-state index contributed by atoms with van der Waals surface area (Å²) in [5, 5.41) is 1.34. The van der Waals surface area contributed by atoms with Gasteiger partial charge in [-0.15, -0.1) is 0 Å². The summed E-state index contributed by atoms with van der Waals surface area (Å²) in [5.74, 6) is 0. The van der Waals surface area contributed by atoms with Crippen molar-refractivity contribution in [2.75, 3.05) is 14.1 Å². The zero-order valence-electron chi connectivity index (χ0n) is 18.4. The molecular formula is C29H30N2. The predicted molar refractivity (Wildman–Crippen MR) is 131 cm³/mol. The van der Waals surface area contributed by atoms with Gasteiger partial charge in [0, 0.05) is 28.6 Å². The minimum atomic E-state index is 0.0658. The Morgan fingerprint density at radius 3 is 2.19 bits per heavy atom. The molecule has 5 rings (SSSR count). The van der Waals surface area contributed by atoms with Gasteiger partial charge in [-0.2, -0.15) is 0 Å². The van der Waals surface area contributed by atoms with Crippen molar-refractivity contribution in [3.63, 3.8) is 0 Å². The van der Waals surface area contributed by atoms with E-state index in [0.29, 0.717) is 0 Å². The van der Waals surface area contributed by atoms with Crippen molar-refractivity contribution < 1.29 is 0 Å². The van der Waals surface area contributed by atoms with E-state index < -0.39 is 0 Å². The van der Waals surface area contributed by atoms with Gasteiger partial charge in [-0.25, -0.2) is 0 Å². The molecule has 0 spiro atoms. The Morgan fingerprint density at radius 2 is 1.52 bits per heavy atom. The van der Waals surface area contributed by atoms with Crippen molar-refractivity contribution >= 4 is 16.5 Å². The van der Waals surface area contributed by atoms with E-state index in [1.54, 1.807) is 0 Å². The smallest absolute Gasteiger partial charge is 0.0492 e. The Morgan fingerprint density at radius 1 is 0.839 bits per heavy atom. The molecule has 1 atom stereocenters. The van der Waals surface area contributed by atoms with Crippen molar-refractivity contribution in [2.45, 2.75) is 31.2 Å². The maximum absolute atomic E-state index is 3.77. The quantitative estimate of drug-likeness (QED) is 0.387. The first-order chi connectivity index (χ1) is 15.2. The molecule has 1 aliphatic rings. The minimum absolute atomic E-state index is 0.0658. The van der Waals surface area contributed by atoms with Crippen LogP contribution < -0.4 is 0 Å². The molecular weight excluding hydrogens is 376 g/mol. The molecule has 4 aromatic rings. The largest absolute Gasteiger partial charge is 0.355 e. The maximum atomic E-state index is 3.77. The summed E-state index contributed by atoms with van der Waals surface area (Å²) < 4.78 is 0. The van der Waals surface area contributed by atoms with Gasteiger partial charge in [-0.1, -0.05) is 84.9 Å². The number of nitrogens with zero attached hydrogens (tertiary/aromatic N) is 1. The molecule has 1 heterocycles. The van der Waals surface area contributed by atoms with Crippen LogP contribution in [0.15, 0.2) is 91.0 Å². The molecule has 2 heteroatoms. The molecule has 1 N–H and O–H groups in total. The highest BCUT2D eigenvalue weighted by molar-refractivity contribution is 5.89. The van der Waals surface area contributed by atoms with Crippen LogP contribution in [-0.2, 0) is 12.0 Å². The molecule has 0 radical (unpaired) electrons. The van der Waals surface area contributed by atoms with Crippen molar-refractivity contribution in [1.82, 2.24) is 9.88 Å². The second-order valence-corrected chi connectivity index (χ2v) is 8.91. The van der Waals surface area contributed by atoms with Gasteiger partial charge in [0.05, 0.1) is 0 Å². The molecule has 1 aliphatic carbocycles. The SMILES string of the molecule is CN(C)C1(c2ccccc2)CC=C(c2[nH]c3ccccc3c2Cc2ccccc2)CC1. The van der Waals surface area contributed by atoms with Crippen LogP contribution in [-0.4, -0.2) is 24.0 Å². The molecule has 0 saturated carbocycles. The van der Waals surface area contributed by atoms with Crippen LogP contribution in [0.1, 0.15) is 41.6 Å². The number of benzene rings is 3. The zero-order valence-corrected chi connectivity index (χ0v) is 18.4. The van der Waals surface area contributed by atoms with Crippen LogP contribution in [0.2, 0.25) is 0 Å². The standard InChI is InChI=1S/C29H30N2/c1-31(2)29(24-13-7-4-8-14-24)19-17-23(18-20-29)28-26(21-22-11-5-3-6-12-22)25-15-9-10-16-27(25)30-28/h3-17,30H,18-21H2,1-2H3. The lowest BCUT2D eigenvalue weighted by Gasteiger charge is -2.43. The molecule has 31 heavy (non-hydrogen) atoms. The van der Waals surface area contributed by atoms with Crippen molar-refractivity contribution in [3.05, 3.63) is 113 Å². The number of hydrogen-bond donors (Lipinski definition) is 1. The van der Waals surface area contributed by atoms with Crippen molar-refractivity contribution in [2.24, 2.45) is 0 Å². The summed E-state index contributed by atoms with van der Waals surface area (Å²) in [7, 11) is 4.44. The molecule has 3 aromatic carbocycles. The van der Waals surface area contributed by atoms with Gasteiger partial charge in [0.25, 0.3) is 0 Å². The van der Waals surface area contributed by atoms with Crippen molar-refractivity contribution in [3.8, 4) is 0 Å². The lowest BCUT2D eigenvalue weighted by atomic mass is 9.75. The average Bonchev–Trinajstić information content (AvgIpc) is 3.18. The van der Waals surface area contributed by atoms with Gasteiger partial charge in [-0.3, -0.25) is 4.90 Å². The first-order valence-electron chi connectivity index (χ1n) is 11.2. The van der Waals surface area contributed by atoms with Crippen LogP contribution in [0.5, 0.6) is 0 Å². The molecule has 156 valence electrons. The van der Waals surface area contributed by atoms with E-state index in [0.717, 1.165) is 25.7 Å². The monoisotopic (exact) mass is 406 g/mol. The van der Waals surface area contributed by atoms with Gasteiger partial charge < -0.3 is 4.98 Å². The third kappa shape index (κ3) is 3.62. The van der Waals surface area contributed by atoms with E-state index in [1.165, 1.54) is 38.9 Å². The van der Waals surface area contributed by atoms with E-state index >= 15 is 0 Å². The summed E-state index contributed by atoms with van der Waals surface area (Å²) in [6.45, 7) is 0. The number of aromatic nitrogens is 1. The highest BCUT2D eigenvalue weighted by Crippen LogP contribution is 2.44. The Labute approximate surface area is 185 Å². The first-order valence-corrected chi connectivity index (χ1v) is 11.2. The Hall–Kier alpha value is -3.10. The van der Waals surface area contributed by atoms with Gasteiger partial charge >= 0.3 is 0 Å².